The Labute approximate surface area is 118 Å². The SMILES string of the molecule is COC(=O)c1coc(CNc2ccc(N(C)C)cc2)c1. The van der Waals surface area contributed by atoms with E-state index in [1.54, 1.807) is 6.07 Å². The molecule has 0 aliphatic rings. The largest absolute Gasteiger partial charge is 0.467 e. The Morgan fingerprint density at radius 3 is 2.60 bits per heavy atom. The Morgan fingerprint density at radius 2 is 2.00 bits per heavy atom. The summed E-state index contributed by atoms with van der Waals surface area (Å²) in [7, 11) is 5.35. The molecule has 0 saturated carbocycles. The van der Waals surface area contributed by atoms with Crippen LogP contribution in [0.4, 0.5) is 11.4 Å². The number of benzene rings is 1. The van der Waals surface area contributed by atoms with Crippen molar-refractivity contribution >= 4 is 17.3 Å². The molecule has 0 fully saturated rings. The van der Waals surface area contributed by atoms with Gasteiger partial charge in [0, 0.05) is 25.5 Å². The molecule has 5 heteroatoms. The van der Waals surface area contributed by atoms with Gasteiger partial charge in [0.05, 0.1) is 19.2 Å². The molecule has 1 aromatic heterocycles. The Hall–Kier alpha value is -2.43. The highest BCUT2D eigenvalue weighted by atomic mass is 16.5. The minimum absolute atomic E-state index is 0.393. The lowest BCUT2D eigenvalue weighted by Crippen LogP contribution is -2.08. The van der Waals surface area contributed by atoms with E-state index in [2.05, 4.69) is 10.1 Å². The van der Waals surface area contributed by atoms with Crippen LogP contribution in [0.1, 0.15) is 16.1 Å². The third-order valence-electron chi connectivity index (χ3n) is 2.93. The van der Waals surface area contributed by atoms with Gasteiger partial charge < -0.3 is 19.4 Å². The molecule has 0 radical (unpaired) electrons. The summed E-state index contributed by atoms with van der Waals surface area (Å²) in [5.41, 5.74) is 2.56. The number of methoxy groups -OCH3 is 1. The van der Waals surface area contributed by atoms with Crippen LogP contribution in [0, 0.1) is 0 Å². The Kier molecular flexibility index (Phi) is 4.30. The summed E-state index contributed by atoms with van der Waals surface area (Å²) < 4.78 is 9.92. The molecule has 0 atom stereocenters. The monoisotopic (exact) mass is 274 g/mol. The molecule has 0 spiro atoms. The van der Waals surface area contributed by atoms with Crippen molar-refractivity contribution in [2.45, 2.75) is 6.54 Å². The van der Waals surface area contributed by atoms with Crippen molar-refractivity contribution in [1.82, 2.24) is 0 Å². The maximum Gasteiger partial charge on any atom is 0.341 e. The summed E-state index contributed by atoms with van der Waals surface area (Å²) in [4.78, 5) is 13.3. The number of carbonyl (C=O) groups excluding carboxylic acids is 1. The van der Waals surface area contributed by atoms with Crippen LogP contribution in [0.3, 0.4) is 0 Å². The molecular weight excluding hydrogens is 256 g/mol. The zero-order valence-corrected chi connectivity index (χ0v) is 11.8. The first-order chi connectivity index (χ1) is 9.60. The van der Waals surface area contributed by atoms with Gasteiger partial charge in [0.25, 0.3) is 0 Å². The molecule has 2 rings (SSSR count). The van der Waals surface area contributed by atoms with Crippen molar-refractivity contribution < 1.29 is 13.9 Å². The molecule has 0 aliphatic carbocycles. The average Bonchev–Trinajstić information content (AvgIpc) is 2.93. The Morgan fingerprint density at radius 1 is 1.30 bits per heavy atom. The maximum absolute atomic E-state index is 11.3. The van der Waals surface area contributed by atoms with E-state index in [9.17, 15) is 4.79 Å². The van der Waals surface area contributed by atoms with Crippen LogP contribution in [-0.4, -0.2) is 27.2 Å². The number of ether oxygens (including phenoxy) is 1. The van der Waals surface area contributed by atoms with E-state index in [1.165, 1.54) is 13.4 Å². The standard InChI is InChI=1S/C15H18N2O3/c1-17(2)13-6-4-12(5-7-13)16-9-14-8-11(10-20-14)15(18)19-3/h4-8,10,16H,9H2,1-3H3. The van der Waals surface area contributed by atoms with Crippen molar-refractivity contribution in [3.8, 4) is 0 Å². The quantitative estimate of drug-likeness (QED) is 0.850. The summed E-state index contributed by atoms with van der Waals surface area (Å²) in [5, 5.41) is 3.23. The molecule has 0 aliphatic heterocycles. The van der Waals surface area contributed by atoms with Gasteiger partial charge in [-0.05, 0) is 30.3 Å². The van der Waals surface area contributed by atoms with E-state index in [0.717, 1.165) is 11.4 Å². The number of rotatable bonds is 5. The fraction of sp³-hybridized carbons (Fsp3) is 0.267. The lowest BCUT2D eigenvalue weighted by atomic mass is 10.2. The van der Waals surface area contributed by atoms with E-state index < -0.39 is 5.97 Å². The number of nitrogens with zero attached hydrogens (tertiary/aromatic N) is 1. The molecule has 2 aromatic rings. The maximum atomic E-state index is 11.3. The minimum Gasteiger partial charge on any atom is -0.467 e. The van der Waals surface area contributed by atoms with E-state index in [0.29, 0.717) is 17.9 Å². The normalized spacial score (nSPS) is 10.2. The van der Waals surface area contributed by atoms with Crippen molar-refractivity contribution in [3.63, 3.8) is 0 Å². The average molecular weight is 274 g/mol. The second kappa shape index (κ2) is 6.14. The third-order valence-corrected chi connectivity index (χ3v) is 2.93. The van der Waals surface area contributed by atoms with Crippen LogP contribution < -0.4 is 10.2 Å². The smallest absolute Gasteiger partial charge is 0.341 e. The minimum atomic E-state index is -0.393. The summed E-state index contributed by atoms with van der Waals surface area (Å²) in [6.45, 7) is 0.512. The zero-order chi connectivity index (χ0) is 14.5. The van der Waals surface area contributed by atoms with Crippen LogP contribution in [0.15, 0.2) is 41.0 Å². The number of hydrogen-bond acceptors (Lipinski definition) is 5. The first-order valence-electron chi connectivity index (χ1n) is 6.27. The van der Waals surface area contributed by atoms with Gasteiger partial charge in [-0.25, -0.2) is 4.79 Å². The van der Waals surface area contributed by atoms with Gasteiger partial charge in [-0.1, -0.05) is 0 Å². The van der Waals surface area contributed by atoms with Gasteiger partial charge in [0.15, 0.2) is 0 Å². The fourth-order valence-corrected chi connectivity index (χ4v) is 1.76. The lowest BCUT2D eigenvalue weighted by Gasteiger charge is -2.13. The highest BCUT2D eigenvalue weighted by Crippen LogP contribution is 2.17. The molecule has 0 saturated heterocycles. The van der Waals surface area contributed by atoms with Gasteiger partial charge in [0.1, 0.15) is 12.0 Å². The molecule has 106 valence electrons. The molecule has 20 heavy (non-hydrogen) atoms. The highest BCUT2D eigenvalue weighted by molar-refractivity contribution is 5.89. The highest BCUT2D eigenvalue weighted by Gasteiger charge is 2.09. The predicted molar refractivity (Wildman–Crippen MR) is 78.1 cm³/mol. The van der Waals surface area contributed by atoms with Gasteiger partial charge in [-0.2, -0.15) is 0 Å². The van der Waals surface area contributed by atoms with Gasteiger partial charge in [-0.15, -0.1) is 0 Å². The number of nitrogens with one attached hydrogen (secondary N) is 1. The molecule has 0 unspecified atom stereocenters. The van der Waals surface area contributed by atoms with Crippen LogP contribution in [0.25, 0.3) is 0 Å². The van der Waals surface area contributed by atoms with E-state index >= 15 is 0 Å². The molecule has 0 bridgehead atoms. The Balaban J connectivity index is 1.94. The van der Waals surface area contributed by atoms with Crippen molar-refractivity contribution in [2.24, 2.45) is 0 Å². The first kappa shape index (κ1) is 14.0. The second-order valence-electron chi connectivity index (χ2n) is 4.59. The number of esters is 1. The molecule has 0 amide bonds. The van der Waals surface area contributed by atoms with Crippen LogP contribution in [0.5, 0.6) is 0 Å². The van der Waals surface area contributed by atoms with Crippen LogP contribution in [0.2, 0.25) is 0 Å². The van der Waals surface area contributed by atoms with Crippen molar-refractivity contribution in [2.75, 3.05) is 31.4 Å². The van der Waals surface area contributed by atoms with Crippen LogP contribution in [-0.2, 0) is 11.3 Å². The van der Waals surface area contributed by atoms with Gasteiger partial charge >= 0.3 is 5.97 Å². The Bertz CT molecular complexity index is 573. The molecule has 5 nitrogen and oxygen atoms in total. The van der Waals surface area contributed by atoms with Gasteiger partial charge in [-0.3, -0.25) is 0 Å². The third kappa shape index (κ3) is 3.32. The predicted octanol–water partition coefficient (Wildman–Crippen LogP) is 2.74. The fourth-order valence-electron chi connectivity index (χ4n) is 1.76. The molecular formula is C15H18N2O3. The van der Waals surface area contributed by atoms with E-state index in [4.69, 9.17) is 4.42 Å². The number of hydrogen-bond donors (Lipinski definition) is 1. The van der Waals surface area contributed by atoms with Crippen molar-refractivity contribution in [3.05, 3.63) is 47.9 Å². The van der Waals surface area contributed by atoms with E-state index in [-0.39, 0.29) is 0 Å². The first-order valence-corrected chi connectivity index (χ1v) is 6.27. The number of carbonyl (C=O) groups is 1. The van der Waals surface area contributed by atoms with Gasteiger partial charge in [0.2, 0.25) is 0 Å². The second-order valence-corrected chi connectivity index (χ2v) is 4.59. The molecule has 1 heterocycles. The zero-order valence-electron chi connectivity index (χ0n) is 11.8. The molecule has 1 aromatic carbocycles. The van der Waals surface area contributed by atoms with Crippen LogP contribution >= 0.6 is 0 Å². The molecule has 1 N–H and O–H groups in total. The topological polar surface area (TPSA) is 54.7 Å². The van der Waals surface area contributed by atoms with E-state index in [1.807, 2.05) is 43.3 Å². The number of furan rings is 1. The number of anilines is 2. The summed E-state index contributed by atoms with van der Waals surface area (Å²) in [6, 6.07) is 9.74. The summed E-state index contributed by atoms with van der Waals surface area (Å²) in [5.74, 6) is 0.289. The summed E-state index contributed by atoms with van der Waals surface area (Å²) >= 11 is 0. The van der Waals surface area contributed by atoms with Crippen molar-refractivity contribution in [1.29, 1.82) is 0 Å². The lowest BCUT2D eigenvalue weighted by molar-refractivity contribution is 0.0600. The summed E-state index contributed by atoms with van der Waals surface area (Å²) in [6.07, 6.45) is 1.40.